The molecule has 18 heavy (non-hydrogen) atoms. The first kappa shape index (κ1) is 12.7. The minimum atomic E-state index is -1.01. The third kappa shape index (κ3) is 2.56. The summed E-state index contributed by atoms with van der Waals surface area (Å²) in [5.74, 6) is -1.28. The van der Waals surface area contributed by atoms with Gasteiger partial charge in [0.2, 0.25) is 5.91 Å². The van der Waals surface area contributed by atoms with Gasteiger partial charge in [-0.15, -0.1) is 0 Å². The average Bonchev–Trinajstić information content (AvgIpc) is 2.32. The fraction of sp³-hybridized carbons (Fsp3) is 0.333. The Morgan fingerprint density at radius 3 is 2.89 bits per heavy atom. The molecule has 0 bridgehead atoms. The maximum absolute atomic E-state index is 11.8. The van der Waals surface area contributed by atoms with E-state index in [0.717, 1.165) is 0 Å². The number of anilines is 1. The molecule has 96 valence electrons. The summed E-state index contributed by atoms with van der Waals surface area (Å²) >= 11 is 6.09. The van der Waals surface area contributed by atoms with Crippen LogP contribution < -0.4 is 10.2 Å². The van der Waals surface area contributed by atoms with Crippen LogP contribution in [0.15, 0.2) is 24.3 Å². The highest BCUT2D eigenvalue weighted by Crippen LogP contribution is 2.28. The van der Waals surface area contributed by atoms with Crippen LogP contribution in [0.25, 0.3) is 0 Å². The van der Waals surface area contributed by atoms with Gasteiger partial charge in [0.25, 0.3) is 0 Å². The number of benzene rings is 1. The average molecular weight is 269 g/mol. The second-order valence-corrected chi connectivity index (χ2v) is 4.46. The number of carboxylic acid groups (broad SMARTS) is 1. The van der Waals surface area contributed by atoms with E-state index in [4.69, 9.17) is 16.7 Å². The Morgan fingerprint density at radius 2 is 2.22 bits per heavy atom. The minimum Gasteiger partial charge on any atom is -0.481 e. The van der Waals surface area contributed by atoms with E-state index in [0.29, 0.717) is 23.8 Å². The van der Waals surface area contributed by atoms with Crippen molar-refractivity contribution in [1.29, 1.82) is 0 Å². The van der Waals surface area contributed by atoms with Gasteiger partial charge in [0, 0.05) is 13.1 Å². The number of halogens is 1. The second kappa shape index (κ2) is 5.27. The summed E-state index contributed by atoms with van der Waals surface area (Å²) < 4.78 is 0. The Labute approximate surface area is 109 Å². The van der Waals surface area contributed by atoms with Gasteiger partial charge in [-0.25, -0.2) is 0 Å². The van der Waals surface area contributed by atoms with E-state index in [9.17, 15) is 9.59 Å². The van der Waals surface area contributed by atoms with Crippen molar-refractivity contribution >= 4 is 29.2 Å². The minimum absolute atomic E-state index is 0.239. The predicted octanol–water partition coefficient (Wildman–Crippen LogP) is 1.12. The first-order chi connectivity index (χ1) is 8.59. The van der Waals surface area contributed by atoms with Crippen molar-refractivity contribution in [2.75, 3.05) is 18.0 Å². The van der Waals surface area contributed by atoms with Crippen molar-refractivity contribution in [3.8, 4) is 0 Å². The Bertz CT molecular complexity index is 478. The summed E-state index contributed by atoms with van der Waals surface area (Å²) in [6, 6.07) is 6.40. The largest absolute Gasteiger partial charge is 0.481 e. The Morgan fingerprint density at radius 1 is 1.50 bits per heavy atom. The Balaban J connectivity index is 2.31. The van der Waals surface area contributed by atoms with Crippen LogP contribution in [-0.2, 0) is 9.59 Å². The van der Waals surface area contributed by atoms with Gasteiger partial charge in [0.15, 0.2) is 0 Å². The van der Waals surface area contributed by atoms with Crippen molar-refractivity contribution in [1.82, 2.24) is 5.32 Å². The molecule has 1 heterocycles. The zero-order valence-corrected chi connectivity index (χ0v) is 10.4. The van der Waals surface area contributed by atoms with Gasteiger partial charge in [0.1, 0.15) is 6.04 Å². The highest BCUT2D eigenvalue weighted by molar-refractivity contribution is 6.33. The predicted molar refractivity (Wildman–Crippen MR) is 67.8 cm³/mol. The first-order valence-corrected chi connectivity index (χ1v) is 5.98. The lowest BCUT2D eigenvalue weighted by Crippen LogP contribution is -2.56. The molecule has 1 aromatic carbocycles. The Kier molecular flexibility index (Phi) is 3.72. The molecule has 0 aromatic heterocycles. The number of rotatable bonds is 3. The molecule has 0 saturated carbocycles. The molecule has 1 saturated heterocycles. The molecule has 2 N–H and O–H groups in total. The molecular weight excluding hydrogens is 256 g/mol. The third-order valence-electron chi connectivity index (χ3n) is 2.86. The molecule has 1 atom stereocenters. The fourth-order valence-corrected chi connectivity index (χ4v) is 2.30. The highest BCUT2D eigenvalue weighted by atomic mass is 35.5. The van der Waals surface area contributed by atoms with Crippen molar-refractivity contribution in [2.24, 2.45) is 0 Å². The monoisotopic (exact) mass is 268 g/mol. The van der Waals surface area contributed by atoms with Gasteiger partial charge in [-0.05, 0) is 12.1 Å². The molecule has 0 radical (unpaired) electrons. The molecule has 1 unspecified atom stereocenters. The molecule has 5 nitrogen and oxygen atoms in total. The number of hydrogen-bond donors (Lipinski definition) is 2. The van der Waals surface area contributed by atoms with Crippen LogP contribution in [-0.4, -0.2) is 36.1 Å². The maximum Gasteiger partial charge on any atom is 0.305 e. The molecular formula is C12H13ClN2O3. The summed E-state index contributed by atoms with van der Waals surface area (Å²) in [5.41, 5.74) is 0.695. The van der Waals surface area contributed by atoms with E-state index in [1.165, 1.54) is 0 Å². The van der Waals surface area contributed by atoms with E-state index in [-0.39, 0.29) is 12.3 Å². The molecule has 1 fully saturated rings. The quantitative estimate of drug-likeness (QED) is 0.862. The van der Waals surface area contributed by atoms with E-state index in [1.807, 2.05) is 6.07 Å². The Hall–Kier alpha value is -1.75. The number of carboxylic acids is 1. The molecule has 1 aliphatic heterocycles. The van der Waals surface area contributed by atoms with E-state index < -0.39 is 12.0 Å². The number of aliphatic carboxylic acids is 1. The summed E-state index contributed by atoms with van der Waals surface area (Å²) in [4.78, 5) is 24.3. The maximum atomic E-state index is 11.8. The fourth-order valence-electron chi connectivity index (χ4n) is 2.06. The van der Waals surface area contributed by atoms with Gasteiger partial charge < -0.3 is 15.3 Å². The molecule has 2 rings (SSSR count). The number of hydrogen-bond acceptors (Lipinski definition) is 3. The zero-order valence-electron chi connectivity index (χ0n) is 9.60. The van der Waals surface area contributed by atoms with Crippen LogP contribution in [0.2, 0.25) is 5.02 Å². The zero-order chi connectivity index (χ0) is 13.1. The van der Waals surface area contributed by atoms with Crippen LogP contribution in [0, 0.1) is 0 Å². The summed E-state index contributed by atoms with van der Waals surface area (Å²) in [6.07, 6.45) is -0.239. The number of amides is 1. The number of piperazine rings is 1. The topological polar surface area (TPSA) is 69.6 Å². The SMILES string of the molecule is O=C(O)CC1C(=O)NCCN1c1ccccc1Cl. The second-order valence-electron chi connectivity index (χ2n) is 4.05. The number of nitrogens with one attached hydrogen (secondary N) is 1. The van der Waals surface area contributed by atoms with Crippen LogP contribution in [0.4, 0.5) is 5.69 Å². The van der Waals surface area contributed by atoms with Crippen LogP contribution in [0.1, 0.15) is 6.42 Å². The normalized spacial score (nSPS) is 19.5. The molecule has 1 aliphatic rings. The summed E-state index contributed by atoms with van der Waals surface area (Å²) in [5, 5.41) is 12.1. The van der Waals surface area contributed by atoms with Gasteiger partial charge in [-0.3, -0.25) is 9.59 Å². The highest BCUT2D eigenvalue weighted by Gasteiger charge is 2.32. The molecule has 1 amide bonds. The van der Waals surface area contributed by atoms with Crippen LogP contribution >= 0.6 is 11.6 Å². The van der Waals surface area contributed by atoms with Gasteiger partial charge in [0.05, 0.1) is 17.1 Å². The summed E-state index contributed by atoms with van der Waals surface area (Å²) in [6.45, 7) is 1.04. The van der Waals surface area contributed by atoms with Crippen molar-refractivity contribution in [3.63, 3.8) is 0 Å². The number of nitrogens with zero attached hydrogens (tertiary/aromatic N) is 1. The first-order valence-electron chi connectivity index (χ1n) is 5.60. The number of carbonyl (C=O) groups is 2. The van der Waals surface area contributed by atoms with E-state index in [2.05, 4.69) is 5.32 Å². The van der Waals surface area contributed by atoms with E-state index in [1.54, 1.807) is 23.1 Å². The van der Waals surface area contributed by atoms with E-state index >= 15 is 0 Å². The van der Waals surface area contributed by atoms with Gasteiger partial charge in [-0.2, -0.15) is 0 Å². The number of para-hydroxylation sites is 1. The van der Waals surface area contributed by atoms with Crippen molar-refractivity contribution in [3.05, 3.63) is 29.3 Å². The van der Waals surface area contributed by atoms with Gasteiger partial charge >= 0.3 is 5.97 Å². The molecule has 0 spiro atoms. The third-order valence-corrected chi connectivity index (χ3v) is 3.18. The van der Waals surface area contributed by atoms with Crippen molar-refractivity contribution < 1.29 is 14.7 Å². The van der Waals surface area contributed by atoms with Gasteiger partial charge in [-0.1, -0.05) is 23.7 Å². The molecule has 1 aromatic rings. The smallest absolute Gasteiger partial charge is 0.305 e. The number of carbonyl (C=O) groups excluding carboxylic acids is 1. The lowest BCUT2D eigenvalue weighted by atomic mass is 10.1. The van der Waals surface area contributed by atoms with Crippen molar-refractivity contribution in [2.45, 2.75) is 12.5 Å². The summed E-state index contributed by atoms with van der Waals surface area (Å²) in [7, 11) is 0. The molecule has 6 heteroatoms. The molecule has 0 aliphatic carbocycles. The standard InChI is InChI=1S/C12H13ClN2O3/c13-8-3-1-2-4-9(8)15-6-5-14-12(18)10(15)7-11(16)17/h1-4,10H,5-7H2,(H,14,18)(H,16,17). The van der Waals surface area contributed by atoms with Crippen LogP contribution in [0.3, 0.4) is 0 Å². The lowest BCUT2D eigenvalue weighted by molar-refractivity contribution is -0.139. The van der Waals surface area contributed by atoms with Crippen LogP contribution in [0.5, 0.6) is 0 Å². The lowest BCUT2D eigenvalue weighted by Gasteiger charge is -2.36.